The molecule has 0 bridgehead atoms. The minimum Gasteiger partial charge on any atom is -0.508 e. The van der Waals surface area contributed by atoms with Crippen LogP contribution in [-0.2, 0) is 11.3 Å². The van der Waals surface area contributed by atoms with E-state index in [1.165, 1.54) is 0 Å². The molecule has 1 atom stereocenters. The van der Waals surface area contributed by atoms with Gasteiger partial charge in [-0.15, -0.1) is 24.0 Å². The average molecular weight is 393 g/mol. The minimum atomic E-state index is 0. The molecule has 114 valence electrons. The van der Waals surface area contributed by atoms with Crippen molar-refractivity contribution in [2.24, 2.45) is 4.99 Å². The van der Waals surface area contributed by atoms with E-state index in [4.69, 9.17) is 4.74 Å². The Balaban J connectivity index is 0.00000361. The predicted molar refractivity (Wildman–Crippen MR) is 92.8 cm³/mol. The number of nitrogens with zero attached hydrogens (tertiary/aromatic N) is 1. The van der Waals surface area contributed by atoms with E-state index in [0.29, 0.717) is 13.2 Å². The highest BCUT2D eigenvalue weighted by Gasteiger charge is 2.04. The number of guanidine groups is 1. The molecule has 0 amide bonds. The number of benzene rings is 1. The fourth-order valence-corrected chi connectivity index (χ4v) is 1.67. The molecule has 0 saturated carbocycles. The smallest absolute Gasteiger partial charge is 0.191 e. The summed E-state index contributed by atoms with van der Waals surface area (Å²) in [7, 11) is 1.68. The van der Waals surface area contributed by atoms with Gasteiger partial charge in [-0.05, 0) is 31.5 Å². The van der Waals surface area contributed by atoms with Crippen LogP contribution in [-0.4, -0.2) is 37.4 Å². The third-order valence-corrected chi connectivity index (χ3v) is 2.47. The summed E-state index contributed by atoms with van der Waals surface area (Å²) in [5.74, 6) is 1.01. The zero-order chi connectivity index (χ0) is 14.1. The van der Waals surface area contributed by atoms with Gasteiger partial charge in [0.25, 0.3) is 0 Å². The van der Waals surface area contributed by atoms with E-state index in [2.05, 4.69) is 15.6 Å². The van der Waals surface area contributed by atoms with Gasteiger partial charge in [0, 0.05) is 19.7 Å². The Morgan fingerprint density at radius 1 is 1.45 bits per heavy atom. The second kappa shape index (κ2) is 10.7. The number of methoxy groups -OCH3 is 1. The van der Waals surface area contributed by atoms with E-state index in [0.717, 1.165) is 18.1 Å². The molecule has 20 heavy (non-hydrogen) atoms. The van der Waals surface area contributed by atoms with Crippen LogP contribution in [0.3, 0.4) is 0 Å². The Morgan fingerprint density at radius 3 is 2.80 bits per heavy atom. The number of aliphatic imine (C=N–C) groups is 1. The number of nitrogens with one attached hydrogen (secondary N) is 2. The van der Waals surface area contributed by atoms with Gasteiger partial charge in [0.1, 0.15) is 5.75 Å². The first-order chi connectivity index (χ1) is 9.15. The molecule has 3 N–H and O–H groups in total. The molecule has 0 aliphatic rings. The molecule has 1 unspecified atom stereocenters. The zero-order valence-electron chi connectivity index (χ0n) is 12.2. The van der Waals surface area contributed by atoms with Crippen LogP contribution in [0.5, 0.6) is 5.75 Å². The van der Waals surface area contributed by atoms with Gasteiger partial charge in [-0.2, -0.15) is 0 Å². The molecular weight excluding hydrogens is 369 g/mol. The molecule has 1 aromatic rings. The Hall–Kier alpha value is -1.02. The molecule has 0 radical (unpaired) electrons. The lowest BCUT2D eigenvalue weighted by Gasteiger charge is -2.17. The van der Waals surface area contributed by atoms with Crippen LogP contribution in [0.2, 0.25) is 0 Å². The lowest BCUT2D eigenvalue weighted by Crippen LogP contribution is -2.43. The topological polar surface area (TPSA) is 65.9 Å². The first-order valence-corrected chi connectivity index (χ1v) is 6.47. The van der Waals surface area contributed by atoms with Crippen LogP contribution in [0.15, 0.2) is 29.3 Å². The van der Waals surface area contributed by atoms with Crippen molar-refractivity contribution in [3.05, 3.63) is 29.8 Å². The number of phenols is 1. The highest BCUT2D eigenvalue weighted by Crippen LogP contribution is 2.11. The second-order valence-electron chi connectivity index (χ2n) is 4.37. The summed E-state index contributed by atoms with van der Waals surface area (Å²) in [6, 6.07) is 7.30. The summed E-state index contributed by atoms with van der Waals surface area (Å²) in [5.41, 5.74) is 0.969. The molecule has 0 fully saturated rings. The van der Waals surface area contributed by atoms with Crippen LogP contribution in [0, 0.1) is 0 Å². The van der Waals surface area contributed by atoms with E-state index in [1.54, 1.807) is 19.2 Å². The van der Waals surface area contributed by atoms with Gasteiger partial charge in [-0.3, -0.25) is 0 Å². The average Bonchev–Trinajstić information content (AvgIpc) is 2.36. The Kier molecular flexibility index (Phi) is 10.2. The van der Waals surface area contributed by atoms with Crippen molar-refractivity contribution in [1.82, 2.24) is 10.6 Å². The van der Waals surface area contributed by atoms with Crippen LogP contribution >= 0.6 is 24.0 Å². The van der Waals surface area contributed by atoms with Crippen molar-refractivity contribution < 1.29 is 9.84 Å². The van der Waals surface area contributed by atoms with E-state index in [1.807, 2.05) is 26.0 Å². The van der Waals surface area contributed by atoms with Crippen molar-refractivity contribution in [3.8, 4) is 5.75 Å². The van der Waals surface area contributed by atoms with Crippen LogP contribution in [0.25, 0.3) is 0 Å². The Morgan fingerprint density at radius 2 is 2.20 bits per heavy atom. The number of hydrogen-bond acceptors (Lipinski definition) is 3. The van der Waals surface area contributed by atoms with Crippen molar-refractivity contribution in [2.75, 3.05) is 20.3 Å². The van der Waals surface area contributed by atoms with E-state index in [9.17, 15) is 5.11 Å². The summed E-state index contributed by atoms with van der Waals surface area (Å²) in [4.78, 5) is 4.47. The number of ether oxygens (including phenoxy) is 1. The summed E-state index contributed by atoms with van der Waals surface area (Å²) >= 11 is 0. The molecule has 5 nitrogen and oxygen atoms in total. The lowest BCUT2D eigenvalue weighted by atomic mass is 10.2. The fraction of sp³-hybridized carbons (Fsp3) is 0.500. The molecule has 0 heterocycles. The highest BCUT2D eigenvalue weighted by molar-refractivity contribution is 14.0. The van der Waals surface area contributed by atoms with Crippen LogP contribution in [0.1, 0.15) is 19.4 Å². The van der Waals surface area contributed by atoms with Crippen LogP contribution < -0.4 is 10.6 Å². The predicted octanol–water partition coefficient (Wildman–Crippen LogP) is 2.10. The monoisotopic (exact) mass is 393 g/mol. The maximum atomic E-state index is 9.40. The fourth-order valence-electron chi connectivity index (χ4n) is 1.67. The van der Waals surface area contributed by atoms with E-state index in [-0.39, 0.29) is 35.8 Å². The first kappa shape index (κ1) is 19.0. The molecule has 0 spiro atoms. The Labute approximate surface area is 137 Å². The largest absolute Gasteiger partial charge is 0.508 e. The lowest BCUT2D eigenvalue weighted by molar-refractivity contribution is 0.179. The standard InChI is InChI=1S/C14H23N3O2.HI/c1-4-15-14(17-11(2)10-19-3)16-9-12-6-5-7-13(18)8-12;/h5-8,11,18H,4,9-10H2,1-3H3,(H2,15,16,17);1H. The number of hydrogen-bond donors (Lipinski definition) is 3. The summed E-state index contributed by atoms with van der Waals surface area (Å²) < 4.78 is 5.08. The quantitative estimate of drug-likeness (QED) is 0.394. The number of aromatic hydroxyl groups is 1. The van der Waals surface area contributed by atoms with Crippen LogP contribution in [0.4, 0.5) is 0 Å². The molecule has 0 aliphatic carbocycles. The molecule has 0 saturated heterocycles. The second-order valence-corrected chi connectivity index (χ2v) is 4.37. The normalized spacial score (nSPS) is 12.4. The summed E-state index contributed by atoms with van der Waals surface area (Å²) in [6.45, 7) is 5.99. The van der Waals surface area contributed by atoms with Crippen molar-refractivity contribution >= 4 is 29.9 Å². The molecule has 1 aromatic carbocycles. The third-order valence-electron chi connectivity index (χ3n) is 2.47. The maximum Gasteiger partial charge on any atom is 0.191 e. The van der Waals surface area contributed by atoms with Crippen molar-refractivity contribution in [3.63, 3.8) is 0 Å². The van der Waals surface area contributed by atoms with Gasteiger partial charge in [0.15, 0.2) is 5.96 Å². The van der Waals surface area contributed by atoms with Gasteiger partial charge in [0.05, 0.1) is 13.2 Å². The van der Waals surface area contributed by atoms with Gasteiger partial charge in [0.2, 0.25) is 0 Å². The first-order valence-electron chi connectivity index (χ1n) is 6.47. The van der Waals surface area contributed by atoms with Gasteiger partial charge in [-0.25, -0.2) is 4.99 Å². The molecule has 0 aliphatic heterocycles. The minimum absolute atomic E-state index is 0. The van der Waals surface area contributed by atoms with Crippen molar-refractivity contribution in [1.29, 1.82) is 0 Å². The van der Waals surface area contributed by atoms with Crippen molar-refractivity contribution in [2.45, 2.75) is 26.4 Å². The SMILES string of the molecule is CCNC(=NCc1cccc(O)c1)NC(C)COC.I. The molecule has 0 aromatic heterocycles. The third kappa shape index (κ3) is 7.54. The highest BCUT2D eigenvalue weighted by atomic mass is 127. The number of rotatable bonds is 6. The maximum absolute atomic E-state index is 9.40. The van der Waals surface area contributed by atoms with E-state index < -0.39 is 0 Å². The van der Waals surface area contributed by atoms with Gasteiger partial charge >= 0.3 is 0 Å². The van der Waals surface area contributed by atoms with Gasteiger partial charge < -0.3 is 20.5 Å². The molecule has 1 rings (SSSR count). The number of halogens is 1. The van der Waals surface area contributed by atoms with Gasteiger partial charge in [-0.1, -0.05) is 12.1 Å². The summed E-state index contributed by atoms with van der Waals surface area (Å²) in [5, 5.41) is 15.8. The summed E-state index contributed by atoms with van der Waals surface area (Å²) in [6.07, 6.45) is 0. The Bertz CT molecular complexity index is 413. The molecular formula is C14H24IN3O2. The number of phenolic OH excluding ortho intramolecular Hbond substituents is 1. The zero-order valence-corrected chi connectivity index (χ0v) is 14.5. The molecule has 6 heteroatoms. The van der Waals surface area contributed by atoms with E-state index >= 15 is 0 Å².